The van der Waals surface area contributed by atoms with Gasteiger partial charge in [0.05, 0.1) is 0 Å². The van der Waals surface area contributed by atoms with Gasteiger partial charge in [-0.3, -0.25) is 4.79 Å². The second-order valence-electron chi connectivity index (χ2n) is 6.77. The van der Waals surface area contributed by atoms with E-state index in [4.69, 9.17) is 4.74 Å². The molecule has 0 aromatic carbocycles. The first-order chi connectivity index (χ1) is 11.1. The van der Waals surface area contributed by atoms with Crippen LogP contribution in [0.5, 0.6) is 0 Å². The quantitative estimate of drug-likeness (QED) is 0.823. The Morgan fingerprint density at radius 2 is 1.92 bits per heavy atom. The van der Waals surface area contributed by atoms with Crippen molar-refractivity contribution < 1.29 is 14.3 Å². The number of anilines is 1. The summed E-state index contributed by atoms with van der Waals surface area (Å²) in [4.78, 5) is 24.8. The van der Waals surface area contributed by atoms with Gasteiger partial charge in [0.2, 0.25) is 0 Å². The number of alkyl carbamates (subject to hydrolysis) is 1. The van der Waals surface area contributed by atoms with E-state index in [2.05, 4.69) is 20.8 Å². The summed E-state index contributed by atoms with van der Waals surface area (Å²) in [7, 11) is 3.32. The Labute approximate surface area is 143 Å². The lowest BCUT2D eigenvalue weighted by Gasteiger charge is -2.22. The van der Waals surface area contributed by atoms with Crippen LogP contribution in [0.15, 0.2) is 12.1 Å². The molecule has 24 heavy (non-hydrogen) atoms. The van der Waals surface area contributed by atoms with Crippen molar-refractivity contribution in [1.29, 1.82) is 0 Å². The summed E-state index contributed by atoms with van der Waals surface area (Å²) in [6.07, 6.45) is 0.264. The van der Waals surface area contributed by atoms with E-state index in [1.165, 1.54) is 4.90 Å². The first kappa shape index (κ1) is 19.7. The van der Waals surface area contributed by atoms with Crippen molar-refractivity contribution in [1.82, 2.24) is 20.4 Å². The minimum atomic E-state index is -0.511. The maximum absolute atomic E-state index is 11.7. The van der Waals surface area contributed by atoms with E-state index in [-0.39, 0.29) is 11.9 Å². The largest absolute Gasteiger partial charge is 0.444 e. The molecule has 8 heteroatoms. The van der Waals surface area contributed by atoms with Gasteiger partial charge in [-0.05, 0) is 46.2 Å². The van der Waals surface area contributed by atoms with Gasteiger partial charge in [-0.25, -0.2) is 4.79 Å². The molecule has 2 N–H and O–H groups in total. The lowest BCUT2D eigenvalue weighted by Crippen LogP contribution is -2.38. The predicted molar refractivity (Wildman–Crippen MR) is 92.0 cm³/mol. The van der Waals surface area contributed by atoms with Gasteiger partial charge in [-0.1, -0.05) is 0 Å². The molecule has 0 bridgehead atoms. The van der Waals surface area contributed by atoms with Crippen LogP contribution in [0.3, 0.4) is 0 Å². The van der Waals surface area contributed by atoms with Crippen LogP contribution in [0.25, 0.3) is 0 Å². The number of ether oxygens (including phenoxy) is 1. The Kier molecular flexibility index (Phi) is 6.94. The average molecular weight is 337 g/mol. The number of nitrogens with zero attached hydrogens (tertiary/aromatic N) is 3. The zero-order chi connectivity index (χ0) is 18.3. The monoisotopic (exact) mass is 337 g/mol. The zero-order valence-corrected chi connectivity index (χ0v) is 15.2. The molecule has 1 heterocycles. The number of hydrogen-bond acceptors (Lipinski definition) is 6. The summed E-state index contributed by atoms with van der Waals surface area (Å²) in [6.45, 7) is 7.97. The topological polar surface area (TPSA) is 96.5 Å². The molecule has 0 aliphatic carbocycles. The molecule has 1 aromatic heterocycles. The van der Waals surface area contributed by atoms with E-state index in [1.807, 2.05) is 27.7 Å². The van der Waals surface area contributed by atoms with E-state index in [9.17, 15) is 9.59 Å². The molecule has 0 aliphatic rings. The summed E-state index contributed by atoms with van der Waals surface area (Å²) in [6, 6.07) is 3.28. The normalized spacial score (nSPS) is 12.2. The van der Waals surface area contributed by atoms with Crippen LogP contribution < -0.4 is 10.6 Å². The Morgan fingerprint density at radius 1 is 1.25 bits per heavy atom. The molecule has 0 aliphatic heterocycles. The van der Waals surface area contributed by atoms with Crippen molar-refractivity contribution in [2.75, 3.05) is 26.0 Å². The molecule has 1 rings (SSSR count). The van der Waals surface area contributed by atoms with E-state index in [0.717, 1.165) is 0 Å². The molecule has 0 saturated carbocycles. The molecule has 1 unspecified atom stereocenters. The Hall–Kier alpha value is -2.38. The van der Waals surface area contributed by atoms with Gasteiger partial charge in [-0.2, -0.15) is 0 Å². The molecule has 0 spiro atoms. The highest BCUT2D eigenvalue weighted by Crippen LogP contribution is 2.07. The number of amides is 2. The first-order valence-corrected chi connectivity index (χ1v) is 7.87. The van der Waals surface area contributed by atoms with Crippen LogP contribution >= 0.6 is 0 Å². The second kappa shape index (κ2) is 8.47. The second-order valence-corrected chi connectivity index (χ2v) is 6.77. The number of nitrogens with one attached hydrogen (secondary N) is 2. The van der Waals surface area contributed by atoms with Gasteiger partial charge >= 0.3 is 6.09 Å². The van der Waals surface area contributed by atoms with Crippen molar-refractivity contribution in [2.45, 2.75) is 45.8 Å². The fourth-order valence-electron chi connectivity index (χ4n) is 1.77. The van der Waals surface area contributed by atoms with Gasteiger partial charge in [0.1, 0.15) is 11.4 Å². The fourth-order valence-corrected chi connectivity index (χ4v) is 1.77. The summed E-state index contributed by atoms with van der Waals surface area (Å²) < 4.78 is 5.20. The third-order valence-electron chi connectivity index (χ3n) is 2.94. The van der Waals surface area contributed by atoms with Crippen molar-refractivity contribution in [3.63, 3.8) is 0 Å². The van der Waals surface area contributed by atoms with Crippen LogP contribution in [0.2, 0.25) is 0 Å². The van der Waals surface area contributed by atoms with Gasteiger partial charge in [-0.15, -0.1) is 10.2 Å². The molecule has 134 valence electrons. The lowest BCUT2D eigenvalue weighted by atomic mass is 10.2. The number of hydrogen-bond donors (Lipinski definition) is 2. The number of carbonyl (C=O) groups excluding carboxylic acids is 2. The summed E-state index contributed by atoms with van der Waals surface area (Å²) in [5.74, 6) is 0.388. The Balaban J connectivity index is 2.37. The lowest BCUT2D eigenvalue weighted by molar-refractivity contribution is 0.0507. The summed E-state index contributed by atoms with van der Waals surface area (Å²) in [5.41, 5.74) is -0.214. The predicted octanol–water partition coefficient (Wildman–Crippen LogP) is 1.89. The van der Waals surface area contributed by atoms with Crippen LogP contribution in [0.4, 0.5) is 10.6 Å². The van der Waals surface area contributed by atoms with Crippen molar-refractivity contribution >= 4 is 17.8 Å². The summed E-state index contributed by atoms with van der Waals surface area (Å²) >= 11 is 0. The smallest absolute Gasteiger partial charge is 0.407 e. The molecule has 0 radical (unpaired) electrons. The van der Waals surface area contributed by atoms with Crippen LogP contribution in [-0.4, -0.2) is 59.4 Å². The third kappa shape index (κ3) is 7.26. The maximum Gasteiger partial charge on any atom is 0.407 e. The number of rotatable bonds is 6. The third-order valence-corrected chi connectivity index (χ3v) is 2.94. The van der Waals surface area contributed by atoms with E-state index in [1.54, 1.807) is 26.2 Å². The van der Waals surface area contributed by atoms with Crippen molar-refractivity contribution in [3.05, 3.63) is 17.8 Å². The van der Waals surface area contributed by atoms with E-state index in [0.29, 0.717) is 24.5 Å². The van der Waals surface area contributed by atoms with Crippen LogP contribution in [-0.2, 0) is 4.74 Å². The van der Waals surface area contributed by atoms with Gasteiger partial charge < -0.3 is 20.3 Å². The molecule has 1 atom stereocenters. The first-order valence-electron chi connectivity index (χ1n) is 7.87. The highest BCUT2D eigenvalue weighted by molar-refractivity contribution is 5.91. The molecule has 0 saturated heterocycles. The molecule has 0 fully saturated rings. The van der Waals surface area contributed by atoms with Crippen molar-refractivity contribution in [2.24, 2.45) is 0 Å². The van der Waals surface area contributed by atoms with E-state index < -0.39 is 11.7 Å². The molecular formula is C16H27N5O3. The SMILES string of the molecule is CC(CCNc1ccc(C(=O)N(C)C)nn1)NC(=O)OC(C)(C)C. The highest BCUT2D eigenvalue weighted by Gasteiger charge is 2.17. The summed E-state index contributed by atoms with van der Waals surface area (Å²) in [5, 5.41) is 13.7. The minimum Gasteiger partial charge on any atom is -0.444 e. The Bertz CT molecular complexity index is 552. The van der Waals surface area contributed by atoms with Crippen LogP contribution in [0, 0.1) is 0 Å². The molecule has 2 amide bonds. The van der Waals surface area contributed by atoms with E-state index >= 15 is 0 Å². The number of aromatic nitrogens is 2. The van der Waals surface area contributed by atoms with Gasteiger partial charge in [0.15, 0.2) is 5.69 Å². The maximum atomic E-state index is 11.7. The number of carbonyl (C=O) groups is 2. The van der Waals surface area contributed by atoms with Gasteiger partial charge in [0, 0.05) is 26.7 Å². The standard InChI is InChI=1S/C16H27N5O3/c1-11(18-15(23)24-16(2,3)4)9-10-17-13-8-7-12(19-20-13)14(22)21(5)6/h7-8,11H,9-10H2,1-6H3,(H,17,20)(H,18,23). The minimum absolute atomic E-state index is 0.0464. The Morgan fingerprint density at radius 3 is 2.42 bits per heavy atom. The van der Waals surface area contributed by atoms with Crippen LogP contribution in [0.1, 0.15) is 44.6 Å². The average Bonchev–Trinajstić information content (AvgIpc) is 2.45. The van der Waals surface area contributed by atoms with Crippen molar-refractivity contribution in [3.8, 4) is 0 Å². The van der Waals surface area contributed by atoms with Gasteiger partial charge in [0.25, 0.3) is 5.91 Å². The fraction of sp³-hybridized carbons (Fsp3) is 0.625. The zero-order valence-electron chi connectivity index (χ0n) is 15.2. The highest BCUT2D eigenvalue weighted by atomic mass is 16.6. The molecule has 1 aromatic rings. The molecular weight excluding hydrogens is 310 g/mol. The molecule has 8 nitrogen and oxygen atoms in total.